The largest absolute Gasteiger partial charge is 0.461 e. The Balaban J connectivity index is 2.20. The van der Waals surface area contributed by atoms with E-state index in [0.29, 0.717) is 35.6 Å². The molecule has 0 aliphatic rings. The van der Waals surface area contributed by atoms with Crippen LogP contribution in [0.2, 0.25) is 0 Å². The molecule has 2 rings (SSSR count). The molecule has 2 heterocycles. The fourth-order valence-electron chi connectivity index (χ4n) is 1.57. The van der Waals surface area contributed by atoms with Gasteiger partial charge in [-0.25, -0.2) is 0 Å². The minimum absolute atomic E-state index is 0.0594. The Kier molecular flexibility index (Phi) is 5.19. The van der Waals surface area contributed by atoms with Crippen molar-refractivity contribution in [2.24, 2.45) is 0 Å². The Morgan fingerprint density at radius 1 is 1.55 bits per heavy atom. The van der Waals surface area contributed by atoms with Crippen LogP contribution in [0.4, 0.5) is 0 Å². The number of nitrogens with zero attached hydrogens (tertiary/aromatic N) is 3. The Morgan fingerprint density at radius 2 is 2.40 bits per heavy atom. The van der Waals surface area contributed by atoms with Gasteiger partial charge in [0.05, 0.1) is 25.2 Å². The maximum atomic E-state index is 11.3. The summed E-state index contributed by atoms with van der Waals surface area (Å²) in [5.41, 5.74) is 0. The molecule has 1 N–H and O–H groups in total. The first-order valence-corrected chi connectivity index (χ1v) is 7.04. The van der Waals surface area contributed by atoms with E-state index in [-0.39, 0.29) is 5.91 Å². The van der Waals surface area contributed by atoms with Crippen LogP contribution in [0.3, 0.4) is 0 Å². The molecule has 0 saturated carbocycles. The highest BCUT2D eigenvalue weighted by Gasteiger charge is 2.16. The van der Waals surface area contributed by atoms with Crippen LogP contribution in [0, 0.1) is 0 Å². The van der Waals surface area contributed by atoms with Crippen LogP contribution in [0.25, 0.3) is 11.6 Å². The average Bonchev–Trinajstić information content (AvgIpc) is 3.11. The van der Waals surface area contributed by atoms with E-state index in [2.05, 4.69) is 15.5 Å². The van der Waals surface area contributed by atoms with Crippen LogP contribution < -0.4 is 5.32 Å². The summed E-state index contributed by atoms with van der Waals surface area (Å²) in [4.78, 5) is 11.3. The van der Waals surface area contributed by atoms with E-state index >= 15 is 0 Å². The normalized spacial score (nSPS) is 10.7. The van der Waals surface area contributed by atoms with Crippen molar-refractivity contribution in [3.63, 3.8) is 0 Å². The molecule has 0 radical (unpaired) electrons. The van der Waals surface area contributed by atoms with Crippen LogP contribution in [0.5, 0.6) is 0 Å². The SMILES string of the molecule is CNC(=O)CSc1nnc(-c2ccco2)n1CCOC. The maximum absolute atomic E-state index is 11.3. The highest BCUT2D eigenvalue weighted by atomic mass is 32.2. The van der Waals surface area contributed by atoms with Gasteiger partial charge in [0.2, 0.25) is 11.7 Å². The molecule has 0 aromatic carbocycles. The Labute approximate surface area is 120 Å². The summed E-state index contributed by atoms with van der Waals surface area (Å²) >= 11 is 1.33. The number of hydrogen-bond donors (Lipinski definition) is 1. The van der Waals surface area contributed by atoms with E-state index in [1.165, 1.54) is 11.8 Å². The van der Waals surface area contributed by atoms with Crippen molar-refractivity contribution in [2.45, 2.75) is 11.7 Å². The van der Waals surface area contributed by atoms with E-state index in [4.69, 9.17) is 9.15 Å². The molecule has 0 spiro atoms. The summed E-state index contributed by atoms with van der Waals surface area (Å²) in [6, 6.07) is 3.61. The first-order valence-electron chi connectivity index (χ1n) is 6.05. The first-order chi connectivity index (χ1) is 9.76. The van der Waals surface area contributed by atoms with Gasteiger partial charge in [-0.3, -0.25) is 9.36 Å². The van der Waals surface area contributed by atoms with Gasteiger partial charge in [0, 0.05) is 14.2 Å². The second kappa shape index (κ2) is 7.11. The molecule has 0 saturated heterocycles. The molecular formula is C12H16N4O3S. The van der Waals surface area contributed by atoms with Gasteiger partial charge >= 0.3 is 0 Å². The predicted molar refractivity (Wildman–Crippen MR) is 74.4 cm³/mol. The van der Waals surface area contributed by atoms with Crippen LogP contribution in [0.1, 0.15) is 0 Å². The van der Waals surface area contributed by atoms with E-state index in [0.717, 1.165) is 0 Å². The number of amides is 1. The molecule has 0 fully saturated rings. The van der Waals surface area contributed by atoms with Crippen LogP contribution in [-0.4, -0.2) is 47.2 Å². The Hall–Kier alpha value is -1.80. The summed E-state index contributed by atoms with van der Waals surface area (Å²) in [7, 11) is 3.24. The van der Waals surface area contributed by atoms with E-state index in [1.54, 1.807) is 26.5 Å². The molecule has 0 atom stereocenters. The summed E-state index contributed by atoms with van der Waals surface area (Å²) in [6.45, 7) is 1.12. The zero-order valence-corrected chi connectivity index (χ0v) is 12.1. The lowest BCUT2D eigenvalue weighted by atomic mass is 10.4. The van der Waals surface area contributed by atoms with Crippen molar-refractivity contribution in [3.8, 4) is 11.6 Å². The van der Waals surface area contributed by atoms with Gasteiger partial charge in [-0.1, -0.05) is 11.8 Å². The van der Waals surface area contributed by atoms with Gasteiger partial charge in [-0.2, -0.15) is 0 Å². The molecule has 1 amide bonds. The quantitative estimate of drug-likeness (QED) is 0.768. The number of carbonyl (C=O) groups excluding carboxylic acids is 1. The fraction of sp³-hybridized carbons (Fsp3) is 0.417. The van der Waals surface area contributed by atoms with Crippen molar-refractivity contribution >= 4 is 17.7 Å². The van der Waals surface area contributed by atoms with Gasteiger partial charge in [0.25, 0.3) is 0 Å². The van der Waals surface area contributed by atoms with E-state index < -0.39 is 0 Å². The number of thioether (sulfide) groups is 1. The molecule has 7 nitrogen and oxygen atoms in total. The minimum atomic E-state index is -0.0594. The van der Waals surface area contributed by atoms with Crippen LogP contribution >= 0.6 is 11.8 Å². The molecule has 20 heavy (non-hydrogen) atoms. The Morgan fingerprint density at radius 3 is 3.05 bits per heavy atom. The second-order valence-electron chi connectivity index (χ2n) is 3.89. The number of carbonyl (C=O) groups is 1. The van der Waals surface area contributed by atoms with Gasteiger partial charge in [-0.05, 0) is 12.1 Å². The third-order valence-corrected chi connectivity index (χ3v) is 3.56. The lowest BCUT2D eigenvalue weighted by Gasteiger charge is -2.07. The number of ether oxygens (including phenoxy) is 1. The molecule has 108 valence electrons. The van der Waals surface area contributed by atoms with Gasteiger partial charge < -0.3 is 14.5 Å². The van der Waals surface area contributed by atoms with Gasteiger partial charge in [0.15, 0.2) is 10.9 Å². The summed E-state index contributed by atoms with van der Waals surface area (Å²) < 4.78 is 12.3. The second-order valence-corrected chi connectivity index (χ2v) is 4.83. The van der Waals surface area contributed by atoms with Gasteiger partial charge in [-0.15, -0.1) is 10.2 Å². The molecule has 0 bridgehead atoms. The van der Waals surface area contributed by atoms with Gasteiger partial charge in [0.1, 0.15) is 0 Å². The lowest BCUT2D eigenvalue weighted by molar-refractivity contribution is -0.118. The van der Waals surface area contributed by atoms with Crippen molar-refractivity contribution in [1.82, 2.24) is 20.1 Å². The zero-order chi connectivity index (χ0) is 14.4. The van der Waals surface area contributed by atoms with Crippen LogP contribution in [0.15, 0.2) is 28.0 Å². The van der Waals surface area contributed by atoms with E-state index in [1.807, 2.05) is 10.6 Å². The van der Waals surface area contributed by atoms with Crippen molar-refractivity contribution < 1.29 is 13.9 Å². The number of rotatable bonds is 7. The fourth-order valence-corrected chi connectivity index (χ4v) is 2.41. The van der Waals surface area contributed by atoms with Crippen molar-refractivity contribution in [1.29, 1.82) is 0 Å². The maximum Gasteiger partial charge on any atom is 0.230 e. The molecule has 0 aliphatic heterocycles. The third-order valence-electron chi connectivity index (χ3n) is 2.59. The zero-order valence-electron chi connectivity index (χ0n) is 11.3. The predicted octanol–water partition coefficient (Wildman–Crippen LogP) is 1.02. The highest BCUT2D eigenvalue weighted by molar-refractivity contribution is 7.99. The minimum Gasteiger partial charge on any atom is -0.461 e. The lowest BCUT2D eigenvalue weighted by Crippen LogP contribution is -2.20. The summed E-state index contributed by atoms with van der Waals surface area (Å²) in [5, 5.41) is 11.5. The van der Waals surface area contributed by atoms with Crippen molar-refractivity contribution in [3.05, 3.63) is 18.4 Å². The Bertz CT molecular complexity index is 553. The molecule has 2 aromatic rings. The molecule has 8 heteroatoms. The number of aromatic nitrogens is 3. The van der Waals surface area contributed by atoms with E-state index in [9.17, 15) is 4.79 Å². The number of furan rings is 1. The van der Waals surface area contributed by atoms with Crippen LogP contribution in [-0.2, 0) is 16.1 Å². The number of hydrogen-bond acceptors (Lipinski definition) is 6. The summed E-state index contributed by atoms with van der Waals surface area (Å²) in [5.74, 6) is 1.50. The average molecular weight is 296 g/mol. The summed E-state index contributed by atoms with van der Waals surface area (Å²) in [6.07, 6.45) is 1.59. The smallest absolute Gasteiger partial charge is 0.230 e. The number of methoxy groups -OCH3 is 1. The van der Waals surface area contributed by atoms with Crippen molar-refractivity contribution in [2.75, 3.05) is 26.5 Å². The monoisotopic (exact) mass is 296 g/mol. The third kappa shape index (κ3) is 3.40. The topological polar surface area (TPSA) is 82.2 Å². The molecular weight excluding hydrogens is 280 g/mol. The highest BCUT2D eigenvalue weighted by Crippen LogP contribution is 2.24. The standard InChI is InChI=1S/C12H16N4O3S/c1-13-10(17)8-20-12-15-14-11(9-4-3-6-19-9)16(12)5-7-18-2/h3-4,6H,5,7-8H2,1-2H3,(H,13,17). The first kappa shape index (κ1) is 14.6. The number of nitrogens with one attached hydrogen (secondary N) is 1. The molecule has 0 aliphatic carbocycles. The molecule has 0 unspecified atom stereocenters. The molecule has 2 aromatic heterocycles.